The van der Waals surface area contributed by atoms with E-state index in [0.29, 0.717) is 5.56 Å². The van der Waals surface area contributed by atoms with Crippen LogP contribution in [0.2, 0.25) is 0 Å². The molecule has 112 valence electrons. The number of carbonyl (C=O) groups is 3. The third-order valence-corrected chi connectivity index (χ3v) is 2.48. The average molecular weight is 293 g/mol. The van der Waals surface area contributed by atoms with Crippen LogP contribution in [0, 0.1) is 0 Å². The van der Waals surface area contributed by atoms with Crippen LogP contribution in [0.5, 0.6) is 5.75 Å². The van der Waals surface area contributed by atoms with Crippen LogP contribution in [-0.4, -0.2) is 40.4 Å². The lowest BCUT2D eigenvalue weighted by molar-refractivity contribution is -0.140. The highest BCUT2D eigenvalue weighted by atomic mass is 16.5. The molecule has 7 heteroatoms. The monoisotopic (exact) mass is 293 g/mol. The number of hydrogen-bond donors (Lipinski definition) is 2. The van der Waals surface area contributed by atoms with E-state index < -0.39 is 23.9 Å². The van der Waals surface area contributed by atoms with Crippen molar-refractivity contribution in [3.8, 4) is 5.75 Å². The third-order valence-electron chi connectivity index (χ3n) is 2.48. The van der Waals surface area contributed by atoms with Gasteiger partial charge in [0.2, 0.25) is 0 Å². The van der Waals surface area contributed by atoms with Crippen molar-refractivity contribution < 1.29 is 29.3 Å². The Bertz CT molecular complexity index is 566. The molecule has 0 aliphatic heterocycles. The van der Waals surface area contributed by atoms with E-state index in [-0.39, 0.29) is 18.6 Å². The number of ether oxygens (including phenoxy) is 1. The zero-order valence-corrected chi connectivity index (χ0v) is 11.4. The molecule has 1 rings (SSSR count). The quantitative estimate of drug-likeness (QED) is 0.445. The minimum atomic E-state index is -1.21. The third kappa shape index (κ3) is 5.85. The number of aliphatic imine (C=N–C) groups is 1. The SMILES string of the molecule is CC(=O)Oc1ccccc1C=N[C@@H](CCC(=O)O)C(=O)O. The predicted octanol–water partition coefficient (Wildman–Crippen LogP) is 1.35. The van der Waals surface area contributed by atoms with E-state index in [0.717, 1.165) is 0 Å². The Balaban J connectivity index is 2.88. The normalized spacial score (nSPS) is 12.0. The minimum absolute atomic E-state index is 0.114. The fraction of sp³-hybridized carbons (Fsp3) is 0.286. The highest BCUT2D eigenvalue weighted by molar-refractivity contribution is 5.87. The van der Waals surface area contributed by atoms with Crippen molar-refractivity contribution in [3.05, 3.63) is 29.8 Å². The standard InChI is InChI=1S/C14H15NO6/c1-9(16)21-12-5-3-2-4-10(12)8-15-11(14(19)20)6-7-13(17)18/h2-5,8,11H,6-7H2,1H3,(H,17,18)(H,19,20)/t11-/m0/s1. The van der Waals surface area contributed by atoms with Gasteiger partial charge in [0, 0.05) is 25.1 Å². The van der Waals surface area contributed by atoms with Gasteiger partial charge in [0.05, 0.1) is 0 Å². The highest BCUT2D eigenvalue weighted by Crippen LogP contribution is 2.16. The van der Waals surface area contributed by atoms with Crippen LogP contribution in [0.1, 0.15) is 25.3 Å². The van der Waals surface area contributed by atoms with Gasteiger partial charge in [-0.1, -0.05) is 12.1 Å². The lowest BCUT2D eigenvalue weighted by Gasteiger charge is -2.07. The number of hydrogen-bond acceptors (Lipinski definition) is 5. The fourth-order valence-electron chi connectivity index (χ4n) is 1.53. The first-order valence-electron chi connectivity index (χ1n) is 6.15. The molecular weight excluding hydrogens is 278 g/mol. The average Bonchev–Trinajstić information content (AvgIpc) is 2.39. The van der Waals surface area contributed by atoms with Crippen molar-refractivity contribution in [1.82, 2.24) is 0 Å². The zero-order chi connectivity index (χ0) is 15.8. The smallest absolute Gasteiger partial charge is 0.328 e. The fourth-order valence-corrected chi connectivity index (χ4v) is 1.53. The summed E-state index contributed by atoms with van der Waals surface area (Å²) in [6.45, 7) is 1.25. The molecule has 7 nitrogen and oxygen atoms in total. The molecule has 0 bridgehead atoms. The minimum Gasteiger partial charge on any atom is -0.481 e. The molecule has 0 saturated heterocycles. The van der Waals surface area contributed by atoms with Crippen LogP contribution in [0.15, 0.2) is 29.3 Å². The van der Waals surface area contributed by atoms with Gasteiger partial charge < -0.3 is 14.9 Å². The van der Waals surface area contributed by atoms with E-state index in [1.54, 1.807) is 24.3 Å². The first-order chi connectivity index (χ1) is 9.90. The molecule has 0 aliphatic rings. The number of rotatable bonds is 7. The van der Waals surface area contributed by atoms with Crippen molar-refractivity contribution in [2.75, 3.05) is 0 Å². The van der Waals surface area contributed by atoms with Gasteiger partial charge in [-0.05, 0) is 18.6 Å². The summed E-state index contributed by atoms with van der Waals surface area (Å²) in [6, 6.07) is 5.34. The van der Waals surface area contributed by atoms with Crippen LogP contribution in [0.3, 0.4) is 0 Å². The number of aliphatic carboxylic acids is 2. The second kappa shape index (κ2) is 7.78. The molecule has 1 atom stereocenters. The van der Waals surface area contributed by atoms with E-state index >= 15 is 0 Å². The summed E-state index contributed by atoms with van der Waals surface area (Å²) in [4.78, 5) is 36.3. The molecule has 0 amide bonds. The number of carboxylic acids is 2. The Labute approximate surface area is 120 Å². The van der Waals surface area contributed by atoms with Gasteiger partial charge >= 0.3 is 17.9 Å². The summed E-state index contributed by atoms with van der Waals surface area (Å²) in [5, 5.41) is 17.6. The molecule has 0 fully saturated rings. The van der Waals surface area contributed by atoms with Crippen LogP contribution < -0.4 is 4.74 Å². The molecule has 2 N–H and O–H groups in total. The van der Waals surface area contributed by atoms with Crippen LogP contribution in [0.25, 0.3) is 0 Å². The Morgan fingerprint density at radius 1 is 1.29 bits per heavy atom. The lowest BCUT2D eigenvalue weighted by atomic mass is 10.1. The number of benzene rings is 1. The van der Waals surface area contributed by atoms with Gasteiger partial charge in [0.15, 0.2) is 0 Å². The molecule has 1 aromatic carbocycles. The van der Waals surface area contributed by atoms with Crippen LogP contribution in [-0.2, 0) is 14.4 Å². The largest absolute Gasteiger partial charge is 0.481 e. The van der Waals surface area contributed by atoms with Gasteiger partial charge in [0.1, 0.15) is 11.8 Å². The second-order valence-electron chi connectivity index (χ2n) is 4.20. The van der Waals surface area contributed by atoms with Gasteiger partial charge in [-0.2, -0.15) is 0 Å². The van der Waals surface area contributed by atoms with Gasteiger partial charge in [0.25, 0.3) is 0 Å². The first kappa shape index (κ1) is 16.4. The molecular formula is C14H15NO6. The first-order valence-corrected chi connectivity index (χ1v) is 6.15. The molecule has 0 aliphatic carbocycles. The summed E-state index contributed by atoms with van der Waals surface area (Å²) < 4.78 is 4.96. The Kier molecular flexibility index (Phi) is 6.06. The van der Waals surface area contributed by atoms with E-state index in [4.69, 9.17) is 14.9 Å². The maximum Gasteiger partial charge on any atom is 0.328 e. The molecule has 0 heterocycles. The van der Waals surface area contributed by atoms with Crippen molar-refractivity contribution in [2.24, 2.45) is 4.99 Å². The van der Waals surface area contributed by atoms with E-state index in [9.17, 15) is 14.4 Å². The van der Waals surface area contributed by atoms with Crippen molar-refractivity contribution in [1.29, 1.82) is 0 Å². The van der Waals surface area contributed by atoms with Crippen LogP contribution >= 0.6 is 0 Å². The van der Waals surface area contributed by atoms with E-state index in [2.05, 4.69) is 4.99 Å². The van der Waals surface area contributed by atoms with Crippen molar-refractivity contribution in [3.63, 3.8) is 0 Å². The molecule has 0 aromatic heterocycles. The lowest BCUT2D eigenvalue weighted by Crippen LogP contribution is -2.19. The van der Waals surface area contributed by atoms with E-state index in [1.807, 2.05) is 0 Å². The van der Waals surface area contributed by atoms with Crippen molar-refractivity contribution in [2.45, 2.75) is 25.8 Å². The molecule has 21 heavy (non-hydrogen) atoms. The maximum absolute atomic E-state index is 11.0. The second-order valence-corrected chi connectivity index (χ2v) is 4.20. The summed E-state index contributed by atoms with van der Waals surface area (Å²) in [5.41, 5.74) is 0.439. The molecule has 0 radical (unpaired) electrons. The molecule has 0 spiro atoms. The number of carboxylic acid groups (broad SMARTS) is 2. The Hall–Kier alpha value is -2.70. The van der Waals surface area contributed by atoms with Gasteiger partial charge in [-0.25, -0.2) is 4.79 Å². The predicted molar refractivity (Wildman–Crippen MR) is 73.6 cm³/mol. The summed E-state index contributed by atoms with van der Waals surface area (Å²) >= 11 is 0. The molecule has 0 saturated carbocycles. The van der Waals surface area contributed by atoms with Crippen LogP contribution in [0.4, 0.5) is 0 Å². The summed E-state index contributed by atoms with van der Waals surface area (Å²) in [7, 11) is 0. The number of nitrogens with zero attached hydrogens (tertiary/aromatic N) is 1. The van der Waals surface area contributed by atoms with Gasteiger partial charge in [-0.15, -0.1) is 0 Å². The van der Waals surface area contributed by atoms with Crippen molar-refractivity contribution >= 4 is 24.1 Å². The number of esters is 1. The van der Waals surface area contributed by atoms with E-state index in [1.165, 1.54) is 13.1 Å². The summed E-state index contributed by atoms with van der Waals surface area (Å²) in [5.74, 6) is -2.54. The number of carbonyl (C=O) groups excluding carboxylic acids is 1. The zero-order valence-electron chi connectivity index (χ0n) is 11.4. The topological polar surface area (TPSA) is 113 Å². The molecule has 0 unspecified atom stereocenters. The Morgan fingerprint density at radius 3 is 2.52 bits per heavy atom. The Morgan fingerprint density at radius 2 is 1.95 bits per heavy atom. The molecule has 1 aromatic rings. The van der Waals surface area contributed by atoms with Gasteiger partial charge in [-0.3, -0.25) is 14.6 Å². The summed E-state index contributed by atoms with van der Waals surface area (Å²) in [6.07, 6.45) is 0.857. The maximum atomic E-state index is 11.0. The number of para-hydroxylation sites is 1. The highest BCUT2D eigenvalue weighted by Gasteiger charge is 2.17.